The van der Waals surface area contributed by atoms with Gasteiger partial charge in [0.2, 0.25) is 11.8 Å². The highest BCUT2D eigenvalue weighted by Crippen LogP contribution is 2.40. The van der Waals surface area contributed by atoms with E-state index in [2.05, 4.69) is 5.32 Å². The van der Waals surface area contributed by atoms with Gasteiger partial charge in [-0.2, -0.15) is 0 Å². The number of nitrogens with zero attached hydrogens (tertiary/aromatic N) is 1. The molecule has 0 spiro atoms. The summed E-state index contributed by atoms with van der Waals surface area (Å²) >= 11 is 0. The third kappa shape index (κ3) is 3.31. The summed E-state index contributed by atoms with van der Waals surface area (Å²) in [6.07, 6.45) is 1.07. The maximum Gasteiger partial charge on any atom is 0.226 e. The van der Waals surface area contributed by atoms with Gasteiger partial charge in [0.25, 0.3) is 0 Å². The fraction of sp³-hybridized carbons (Fsp3) is 0.846. The summed E-state index contributed by atoms with van der Waals surface area (Å²) in [5.41, 5.74) is 0. The van der Waals surface area contributed by atoms with Crippen molar-refractivity contribution >= 4 is 21.7 Å². The Morgan fingerprint density at radius 1 is 1.25 bits per heavy atom. The van der Waals surface area contributed by atoms with E-state index in [9.17, 15) is 18.0 Å². The molecule has 1 heterocycles. The molecular formula is C13H22N2O4S. The minimum absolute atomic E-state index is 0.0464. The zero-order chi connectivity index (χ0) is 15.1. The summed E-state index contributed by atoms with van der Waals surface area (Å²) in [6, 6.07) is -0.168. The second-order valence-electron chi connectivity index (χ2n) is 6.12. The molecule has 3 atom stereocenters. The van der Waals surface area contributed by atoms with E-state index in [0.717, 1.165) is 0 Å². The molecule has 1 aliphatic carbocycles. The zero-order valence-electron chi connectivity index (χ0n) is 12.1. The minimum Gasteiger partial charge on any atom is -0.354 e. The molecule has 2 fully saturated rings. The second kappa shape index (κ2) is 5.35. The van der Waals surface area contributed by atoms with E-state index in [1.165, 1.54) is 4.90 Å². The van der Waals surface area contributed by atoms with E-state index in [0.29, 0.717) is 12.8 Å². The van der Waals surface area contributed by atoms with Crippen LogP contribution in [-0.2, 0) is 19.4 Å². The van der Waals surface area contributed by atoms with Gasteiger partial charge in [0.1, 0.15) is 0 Å². The first-order chi connectivity index (χ1) is 9.21. The average molecular weight is 302 g/mol. The van der Waals surface area contributed by atoms with E-state index >= 15 is 0 Å². The molecule has 0 radical (unpaired) electrons. The van der Waals surface area contributed by atoms with Gasteiger partial charge in [-0.15, -0.1) is 0 Å². The second-order valence-corrected chi connectivity index (χ2v) is 8.35. The lowest BCUT2D eigenvalue weighted by molar-refractivity contribution is -0.135. The van der Waals surface area contributed by atoms with Gasteiger partial charge >= 0.3 is 0 Å². The molecule has 0 aromatic rings. The lowest BCUT2D eigenvalue weighted by Crippen LogP contribution is -2.40. The van der Waals surface area contributed by atoms with Crippen LogP contribution in [0.5, 0.6) is 0 Å². The standard InChI is InChI=1S/C13H22N2O4S/c1-8(2)14-12(16)10-6-11(10)13(17)15(3)9-4-5-20(18,19)7-9/h8-11H,4-7H2,1-3H3,(H,14,16). The average Bonchev–Trinajstić information content (AvgIpc) is 3.05. The molecule has 3 unspecified atom stereocenters. The van der Waals surface area contributed by atoms with Gasteiger partial charge < -0.3 is 10.2 Å². The van der Waals surface area contributed by atoms with E-state index in [-0.39, 0.29) is 47.2 Å². The lowest BCUT2D eigenvalue weighted by Gasteiger charge is -2.23. The van der Waals surface area contributed by atoms with Gasteiger partial charge in [0.05, 0.1) is 23.3 Å². The van der Waals surface area contributed by atoms with Crippen molar-refractivity contribution in [1.82, 2.24) is 10.2 Å². The lowest BCUT2D eigenvalue weighted by atomic mass is 10.2. The van der Waals surface area contributed by atoms with Crippen LogP contribution < -0.4 is 5.32 Å². The van der Waals surface area contributed by atoms with Crippen LogP contribution in [0.1, 0.15) is 26.7 Å². The van der Waals surface area contributed by atoms with Gasteiger partial charge in [0.15, 0.2) is 9.84 Å². The van der Waals surface area contributed by atoms with Crippen molar-refractivity contribution in [3.05, 3.63) is 0 Å². The van der Waals surface area contributed by atoms with Crippen molar-refractivity contribution < 1.29 is 18.0 Å². The molecule has 6 nitrogen and oxygen atoms in total. The first-order valence-electron chi connectivity index (χ1n) is 6.99. The van der Waals surface area contributed by atoms with Crippen molar-refractivity contribution in [1.29, 1.82) is 0 Å². The summed E-state index contributed by atoms with van der Waals surface area (Å²) < 4.78 is 22.9. The predicted octanol–water partition coefficient (Wildman–Crippen LogP) is -0.207. The molecule has 1 saturated heterocycles. The summed E-state index contributed by atoms with van der Waals surface area (Å²) in [6.45, 7) is 3.76. The SMILES string of the molecule is CC(C)NC(=O)C1CC1C(=O)N(C)C1CCS(=O)(=O)C1. The third-order valence-corrected chi connectivity index (χ3v) is 5.73. The van der Waals surface area contributed by atoms with Gasteiger partial charge in [-0.1, -0.05) is 0 Å². The van der Waals surface area contributed by atoms with Crippen molar-refractivity contribution in [3.8, 4) is 0 Å². The van der Waals surface area contributed by atoms with Crippen LogP contribution in [0.3, 0.4) is 0 Å². The number of carbonyl (C=O) groups is 2. The Morgan fingerprint density at radius 3 is 2.40 bits per heavy atom. The number of sulfone groups is 1. The Kier molecular flexibility index (Phi) is 4.09. The Labute approximate surface area is 119 Å². The normalized spacial score (nSPS) is 31.1. The molecule has 0 aromatic heterocycles. The van der Waals surface area contributed by atoms with Crippen LogP contribution in [-0.4, -0.2) is 55.8 Å². The molecule has 1 saturated carbocycles. The Balaban J connectivity index is 1.89. The van der Waals surface area contributed by atoms with E-state index < -0.39 is 9.84 Å². The van der Waals surface area contributed by atoms with Gasteiger partial charge in [-0.3, -0.25) is 9.59 Å². The van der Waals surface area contributed by atoms with Crippen LogP contribution >= 0.6 is 0 Å². The third-order valence-electron chi connectivity index (χ3n) is 3.98. The largest absolute Gasteiger partial charge is 0.354 e. The summed E-state index contributed by atoms with van der Waals surface area (Å²) in [5, 5.41) is 2.81. The van der Waals surface area contributed by atoms with Gasteiger partial charge in [-0.05, 0) is 26.7 Å². The molecule has 7 heteroatoms. The smallest absolute Gasteiger partial charge is 0.226 e. The number of rotatable bonds is 4. The molecule has 0 bridgehead atoms. The quantitative estimate of drug-likeness (QED) is 0.779. The summed E-state index contributed by atoms with van der Waals surface area (Å²) in [4.78, 5) is 25.6. The molecule has 2 aliphatic rings. The molecule has 1 aliphatic heterocycles. The first-order valence-corrected chi connectivity index (χ1v) is 8.81. The summed E-state index contributed by atoms with van der Waals surface area (Å²) in [5.74, 6) is -0.503. The predicted molar refractivity (Wildman–Crippen MR) is 74.7 cm³/mol. The zero-order valence-corrected chi connectivity index (χ0v) is 12.9. The minimum atomic E-state index is -3.00. The van der Waals surface area contributed by atoms with Crippen molar-refractivity contribution in [2.24, 2.45) is 11.8 Å². The fourth-order valence-electron chi connectivity index (χ4n) is 2.67. The monoisotopic (exact) mass is 302 g/mol. The Morgan fingerprint density at radius 2 is 1.90 bits per heavy atom. The summed E-state index contributed by atoms with van der Waals surface area (Å²) in [7, 11) is -1.36. The Hall–Kier alpha value is -1.11. The Bertz CT molecular complexity index is 514. The molecule has 1 N–H and O–H groups in total. The van der Waals surface area contributed by atoms with Crippen LogP contribution in [0, 0.1) is 11.8 Å². The molecule has 0 aromatic carbocycles. The highest BCUT2D eigenvalue weighted by Gasteiger charge is 2.50. The molecule has 114 valence electrons. The van der Waals surface area contributed by atoms with Crippen molar-refractivity contribution in [2.45, 2.75) is 38.8 Å². The van der Waals surface area contributed by atoms with Crippen LogP contribution in [0.2, 0.25) is 0 Å². The molecular weight excluding hydrogens is 280 g/mol. The van der Waals surface area contributed by atoms with E-state index in [4.69, 9.17) is 0 Å². The van der Waals surface area contributed by atoms with Crippen LogP contribution in [0.4, 0.5) is 0 Å². The van der Waals surface area contributed by atoms with Crippen LogP contribution in [0.25, 0.3) is 0 Å². The molecule has 2 rings (SSSR count). The molecule has 20 heavy (non-hydrogen) atoms. The first kappa shape index (κ1) is 15.3. The highest BCUT2D eigenvalue weighted by molar-refractivity contribution is 7.91. The van der Waals surface area contributed by atoms with Gasteiger partial charge in [0, 0.05) is 19.1 Å². The van der Waals surface area contributed by atoms with Crippen molar-refractivity contribution in [2.75, 3.05) is 18.6 Å². The molecule has 2 amide bonds. The van der Waals surface area contributed by atoms with Gasteiger partial charge in [-0.25, -0.2) is 8.42 Å². The number of carbonyl (C=O) groups excluding carboxylic acids is 2. The van der Waals surface area contributed by atoms with E-state index in [1.54, 1.807) is 7.05 Å². The van der Waals surface area contributed by atoms with Crippen LogP contribution in [0.15, 0.2) is 0 Å². The fourth-order valence-corrected chi connectivity index (χ4v) is 4.45. The number of hydrogen-bond donors (Lipinski definition) is 1. The number of nitrogens with one attached hydrogen (secondary N) is 1. The highest BCUT2D eigenvalue weighted by atomic mass is 32.2. The maximum absolute atomic E-state index is 12.3. The number of amides is 2. The maximum atomic E-state index is 12.3. The number of hydrogen-bond acceptors (Lipinski definition) is 4. The topological polar surface area (TPSA) is 83.6 Å². The van der Waals surface area contributed by atoms with E-state index in [1.807, 2.05) is 13.8 Å². The van der Waals surface area contributed by atoms with Crippen molar-refractivity contribution in [3.63, 3.8) is 0 Å².